The van der Waals surface area contributed by atoms with Gasteiger partial charge in [-0.1, -0.05) is 0 Å². The van der Waals surface area contributed by atoms with E-state index in [4.69, 9.17) is 4.84 Å². The van der Waals surface area contributed by atoms with E-state index in [9.17, 15) is 23.7 Å². The second kappa shape index (κ2) is 4.65. The molecule has 0 spiro atoms. The molecule has 18 heavy (non-hydrogen) atoms. The Hall–Kier alpha value is -2.09. The predicted molar refractivity (Wildman–Crippen MR) is 54.6 cm³/mol. The molecule has 1 aromatic rings. The van der Waals surface area contributed by atoms with Crippen LogP contribution in [0.1, 0.15) is 16.8 Å². The number of hydroxylamine groups is 2. The number of hydrogen-bond donors (Lipinski definition) is 0. The van der Waals surface area contributed by atoms with Gasteiger partial charge in [-0.2, -0.15) is 4.39 Å². The Morgan fingerprint density at radius 3 is 2.67 bits per heavy atom. The molecular weight excluding hydrogens is 250 g/mol. The number of halogens is 2. The van der Waals surface area contributed by atoms with Gasteiger partial charge in [-0.15, -0.1) is 0 Å². The molecule has 0 saturated carbocycles. The summed E-state index contributed by atoms with van der Waals surface area (Å²) in [7, 11) is 0. The molecule has 6 nitrogen and oxygen atoms in total. The van der Waals surface area contributed by atoms with Crippen LogP contribution in [-0.4, -0.2) is 29.0 Å². The van der Waals surface area contributed by atoms with Gasteiger partial charge in [0.25, 0.3) is 5.91 Å². The molecule has 0 radical (unpaired) electrons. The maximum absolute atomic E-state index is 13.4. The van der Waals surface area contributed by atoms with Crippen molar-refractivity contribution in [1.82, 2.24) is 5.06 Å². The number of hydrogen-bond acceptors (Lipinski definition) is 4. The summed E-state index contributed by atoms with van der Waals surface area (Å²) >= 11 is 0. The largest absolute Gasteiger partial charge is 0.305 e. The number of benzene rings is 1. The van der Waals surface area contributed by atoms with E-state index in [0.29, 0.717) is 25.2 Å². The predicted octanol–water partition coefficient (Wildman–Crippen LogP) is 1.65. The SMILES string of the molecule is O=C(c1cc([N+](=O)[O-])c(F)cc1F)N1CCCO1. The van der Waals surface area contributed by atoms with Crippen molar-refractivity contribution in [2.75, 3.05) is 13.2 Å². The van der Waals surface area contributed by atoms with Crippen LogP contribution in [0.2, 0.25) is 0 Å². The van der Waals surface area contributed by atoms with E-state index in [-0.39, 0.29) is 6.54 Å². The molecule has 1 aliphatic heterocycles. The number of amides is 1. The van der Waals surface area contributed by atoms with Crippen LogP contribution in [0.5, 0.6) is 0 Å². The highest BCUT2D eigenvalue weighted by Gasteiger charge is 2.27. The summed E-state index contributed by atoms with van der Waals surface area (Å²) in [6.45, 7) is 0.583. The van der Waals surface area contributed by atoms with E-state index >= 15 is 0 Å². The third-order valence-corrected chi connectivity index (χ3v) is 2.44. The average Bonchev–Trinajstić information content (AvgIpc) is 2.81. The molecule has 2 rings (SSSR count). The number of nitro groups is 1. The maximum Gasteiger partial charge on any atom is 0.305 e. The average molecular weight is 258 g/mol. The van der Waals surface area contributed by atoms with E-state index in [0.717, 1.165) is 5.06 Å². The van der Waals surface area contributed by atoms with Crippen LogP contribution in [0.15, 0.2) is 12.1 Å². The van der Waals surface area contributed by atoms with Gasteiger partial charge in [-0.25, -0.2) is 9.45 Å². The van der Waals surface area contributed by atoms with E-state index in [2.05, 4.69) is 0 Å². The first-order valence-corrected chi connectivity index (χ1v) is 5.09. The Balaban J connectivity index is 2.40. The molecule has 8 heteroatoms. The fourth-order valence-electron chi connectivity index (χ4n) is 1.58. The molecule has 1 aliphatic rings. The molecule has 0 aliphatic carbocycles. The number of rotatable bonds is 2. The smallest absolute Gasteiger partial charge is 0.271 e. The standard InChI is InChI=1S/C10H8F2N2O4/c11-7-5-8(12)9(14(16)17)4-6(7)10(15)13-2-1-3-18-13/h4-5H,1-3H2. The number of nitro benzene ring substituents is 1. The Kier molecular flexibility index (Phi) is 3.19. The Labute approximate surface area is 99.9 Å². The zero-order valence-corrected chi connectivity index (χ0v) is 9.06. The van der Waals surface area contributed by atoms with E-state index in [1.807, 2.05) is 0 Å². The van der Waals surface area contributed by atoms with Gasteiger partial charge in [-0.3, -0.25) is 19.7 Å². The van der Waals surface area contributed by atoms with Crippen LogP contribution in [0.25, 0.3) is 0 Å². The molecule has 0 aromatic heterocycles. The van der Waals surface area contributed by atoms with E-state index < -0.39 is 33.7 Å². The summed E-state index contributed by atoms with van der Waals surface area (Å²) in [4.78, 5) is 26.2. The fourth-order valence-corrected chi connectivity index (χ4v) is 1.58. The first-order valence-electron chi connectivity index (χ1n) is 5.09. The van der Waals surface area contributed by atoms with Crippen molar-refractivity contribution in [2.45, 2.75) is 6.42 Å². The number of carbonyl (C=O) groups is 1. The van der Waals surface area contributed by atoms with Crippen LogP contribution in [0.4, 0.5) is 14.5 Å². The third-order valence-electron chi connectivity index (χ3n) is 2.44. The van der Waals surface area contributed by atoms with Crippen molar-refractivity contribution in [1.29, 1.82) is 0 Å². The van der Waals surface area contributed by atoms with Crippen molar-refractivity contribution >= 4 is 11.6 Å². The minimum Gasteiger partial charge on any atom is -0.271 e. The lowest BCUT2D eigenvalue weighted by Gasteiger charge is -2.14. The molecule has 0 N–H and O–H groups in total. The van der Waals surface area contributed by atoms with Gasteiger partial charge in [0.15, 0.2) is 0 Å². The summed E-state index contributed by atoms with van der Waals surface area (Å²) in [6, 6.07) is 0.899. The maximum atomic E-state index is 13.4. The van der Waals surface area contributed by atoms with Gasteiger partial charge in [0.1, 0.15) is 5.82 Å². The van der Waals surface area contributed by atoms with Gasteiger partial charge in [0.2, 0.25) is 5.82 Å². The summed E-state index contributed by atoms with van der Waals surface area (Å²) in [6.07, 6.45) is 0.594. The number of nitrogens with zero attached hydrogens (tertiary/aromatic N) is 2. The van der Waals surface area contributed by atoms with Crippen molar-refractivity contribution in [3.8, 4) is 0 Å². The Morgan fingerprint density at radius 2 is 2.11 bits per heavy atom. The molecular formula is C10H8F2N2O4. The topological polar surface area (TPSA) is 72.7 Å². The molecule has 1 aromatic carbocycles. The van der Waals surface area contributed by atoms with E-state index in [1.54, 1.807) is 0 Å². The summed E-state index contributed by atoms with van der Waals surface area (Å²) in [5, 5.41) is 11.4. The third kappa shape index (κ3) is 2.14. The lowest BCUT2D eigenvalue weighted by atomic mass is 10.1. The highest BCUT2D eigenvalue weighted by Crippen LogP contribution is 2.23. The number of carbonyl (C=O) groups excluding carboxylic acids is 1. The first kappa shape index (κ1) is 12.4. The molecule has 1 amide bonds. The Bertz CT molecular complexity index is 515. The molecule has 0 unspecified atom stereocenters. The zero-order valence-electron chi connectivity index (χ0n) is 9.06. The minimum atomic E-state index is -1.32. The Morgan fingerprint density at radius 1 is 1.39 bits per heavy atom. The summed E-state index contributed by atoms with van der Waals surface area (Å²) in [5.41, 5.74) is -1.52. The van der Waals surface area contributed by atoms with Crippen LogP contribution >= 0.6 is 0 Å². The van der Waals surface area contributed by atoms with Crippen molar-refractivity contribution < 1.29 is 23.3 Å². The highest BCUT2D eigenvalue weighted by atomic mass is 19.1. The van der Waals surface area contributed by atoms with Crippen LogP contribution in [-0.2, 0) is 4.84 Å². The van der Waals surface area contributed by atoms with E-state index in [1.165, 1.54) is 0 Å². The molecule has 0 atom stereocenters. The van der Waals surface area contributed by atoms with Gasteiger partial charge in [-0.05, 0) is 6.42 Å². The normalized spacial score (nSPS) is 14.9. The second-order valence-corrected chi connectivity index (χ2v) is 3.63. The summed E-state index contributed by atoms with van der Waals surface area (Å²) < 4.78 is 26.5. The molecule has 0 bridgehead atoms. The quantitative estimate of drug-likeness (QED) is 0.597. The van der Waals surface area contributed by atoms with Crippen LogP contribution in [0.3, 0.4) is 0 Å². The molecule has 1 fully saturated rings. The lowest BCUT2D eigenvalue weighted by Crippen LogP contribution is -2.27. The van der Waals surface area contributed by atoms with Crippen LogP contribution in [0, 0.1) is 21.7 Å². The first-order chi connectivity index (χ1) is 8.50. The zero-order chi connectivity index (χ0) is 13.3. The van der Waals surface area contributed by atoms with Crippen LogP contribution < -0.4 is 0 Å². The molecule has 1 saturated heterocycles. The van der Waals surface area contributed by atoms with Crippen molar-refractivity contribution in [3.05, 3.63) is 39.4 Å². The van der Waals surface area contributed by atoms with Crippen molar-refractivity contribution in [3.63, 3.8) is 0 Å². The lowest BCUT2D eigenvalue weighted by molar-refractivity contribution is -0.387. The van der Waals surface area contributed by atoms with Gasteiger partial charge in [0.05, 0.1) is 23.6 Å². The van der Waals surface area contributed by atoms with Gasteiger partial charge >= 0.3 is 5.69 Å². The molecule has 1 heterocycles. The minimum absolute atomic E-state index is 0.267. The fraction of sp³-hybridized carbons (Fsp3) is 0.300. The van der Waals surface area contributed by atoms with Gasteiger partial charge in [0, 0.05) is 12.1 Å². The second-order valence-electron chi connectivity index (χ2n) is 3.63. The monoisotopic (exact) mass is 258 g/mol. The van der Waals surface area contributed by atoms with Crippen molar-refractivity contribution in [2.24, 2.45) is 0 Å². The van der Waals surface area contributed by atoms with Gasteiger partial charge < -0.3 is 0 Å². The molecule has 96 valence electrons. The summed E-state index contributed by atoms with van der Waals surface area (Å²) in [5.74, 6) is -3.33. The highest BCUT2D eigenvalue weighted by molar-refractivity contribution is 5.94.